The van der Waals surface area contributed by atoms with Gasteiger partial charge < -0.3 is 10.3 Å². The number of hydrogen-bond donors (Lipinski definition) is 1. The number of nitrogen functional groups attached to an aromatic ring is 1. The highest BCUT2D eigenvalue weighted by Gasteiger charge is 2.20. The average molecular weight is 275 g/mol. The molecule has 0 radical (unpaired) electrons. The van der Waals surface area contributed by atoms with Gasteiger partial charge in [-0.25, -0.2) is 0 Å². The van der Waals surface area contributed by atoms with E-state index in [1.165, 1.54) is 0 Å². The summed E-state index contributed by atoms with van der Waals surface area (Å²) >= 11 is 6.21. The SMILES string of the molecule is Cn1cc(-c2noc(N)c2-c2ccccc2Cl)cn1. The van der Waals surface area contributed by atoms with E-state index in [2.05, 4.69) is 10.3 Å². The first kappa shape index (κ1) is 11.8. The van der Waals surface area contributed by atoms with Crippen LogP contribution in [0.1, 0.15) is 0 Å². The van der Waals surface area contributed by atoms with Crippen LogP contribution in [0.3, 0.4) is 0 Å². The normalized spacial score (nSPS) is 10.8. The Kier molecular flexibility index (Phi) is 2.76. The van der Waals surface area contributed by atoms with E-state index in [9.17, 15) is 0 Å². The van der Waals surface area contributed by atoms with Gasteiger partial charge in [0.1, 0.15) is 5.69 Å². The van der Waals surface area contributed by atoms with Gasteiger partial charge in [0.25, 0.3) is 0 Å². The zero-order valence-corrected chi connectivity index (χ0v) is 10.9. The summed E-state index contributed by atoms with van der Waals surface area (Å²) in [6, 6.07) is 7.43. The molecule has 0 saturated heterocycles. The maximum atomic E-state index is 6.21. The quantitative estimate of drug-likeness (QED) is 0.780. The van der Waals surface area contributed by atoms with E-state index >= 15 is 0 Å². The van der Waals surface area contributed by atoms with E-state index < -0.39 is 0 Å². The molecule has 0 aliphatic rings. The summed E-state index contributed by atoms with van der Waals surface area (Å²) < 4.78 is 6.79. The monoisotopic (exact) mass is 274 g/mol. The maximum absolute atomic E-state index is 6.21. The number of anilines is 1. The van der Waals surface area contributed by atoms with Gasteiger partial charge in [-0.05, 0) is 6.07 Å². The molecule has 0 atom stereocenters. The molecule has 0 unspecified atom stereocenters. The average Bonchev–Trinajstić information content (AvgIpc) is 2.96. The van der Waals surface area contributed by atoms with Gasteiger partial charge in [0.05, 0.1) is 11.8 Å². The first-order valence-corrected chi connectivity index (χ1v) is 6.03. The van der Waals surface area contributed by atoms with Crippen LogP contribution in [0.5, 0.6) is 0 Å². The Bertz CT molecular complexity index is 732. The highest BCUT2D eigenvalue weighted by Crippen LogP contribution is 2.39. The number of nitrogens with two attached hydrogens (primary N) is 1. The second-order valence-electron chi connectivity index (χ2n) is 4.15. The lowest BCUT2D eigenvalue weighted by Gasteiger charge is -2.03. The summed E-state index contributed by atoms with van der Waals surface area (Å²) in [5.41, 5.74) is 8.83. The third-order valence-electron chi connectivity index (χ3n) is 2.84. The van der Waals surface area contributed by atoms with Crippen molar-refractivity contribution in [3.05, 3.63) is 41.7 Å². The van der Waals surface area contributed by atoms with Crippen molar-refractivity contribution in [1.29, 1.82) is 0 Å². The molecule has 0 spiro atoms. The lowest BCUT2D eigenvalue weighted by atomic mass is 10.0. The number of benzene rings is 1. The molecule has 0 bridgehead atoms. The van der Waals surface area contributed by atoms with Crippen LogP contribution in [0, 0.1) is 0 Å². The molecular formula is C13H11ClN4O. The van der Waals surface area contributed by atoms with Gasteiger partial charge in [0, 0.05) is 29.4 Å². The van der Waals surface area contributed by atoms with Crippen molar-refractivity contribution in [2.75, 3.05) is 5.73 Å². The summed E-state index contributed by atoms with van der Waals surface area (Å²) in [4.78, 5) is 0. The first-order chi connectivity index (χ1) is 9.16. The molecule has 0 saturated carbocycles. The molecule has 96 valence electrons. The number of aromatic nitrogens is 3. The molecule has 0 fully saturated rings. The van der Waals surface area contributed by atoms with E-state index in [4.69, 9.17) is 21.9 Å². The second-order valence-corrected chi connectivity index (χ2v) is 4.56. The first-order valence-electron chi connectivity index (χ1n) is 5.66. The van der Waals surface area contributed by atoms with Crippen molar-refractivity contribution in [2.24, 2.45) is 7.05 Å². The summed E-state index contributed by atoms with van der Waals surface area (Å²) in [6.45, 7) is 0. The van der Waals surface area contributed by atoms with Crippen LogP contribution in [0.2, 0.25) is 5.02 Å². The number of aryl methyl sites for hydroxylation is 1. The van der Waals surface area contributed by atoms with Crippen LogP contribution in [-0.2, 0) is 7.05 Å². The van der Waals surface area contributed by atoms with Crippen molar-refractivity contribution in [1.82, 2.24) is 14.9 Å². The van der Waals surface area contributed by atoms with E-state index in [-0.39, 0.29) is 5.88 Å². The van der Waals surface area contributed by atoms with Gasteiger partial charge in [0.15, 0.2) is 0 Å². The van der Waals surface area contributed by atoms with Gasteiger partial charge in [-0.2, -0.15) is 5.10 Å². The number of hydrogen-bond acceptors (Lipinski definition) is 4. The highest BCUT2D eigenvalue weighted by molar-refractivity contribution is 6.33. The number of rotatable bonds is 2. The van der Waals surface area contributed by atoms with Crippen molar-refractivity contribution >= 4 is 17.5 Å². The van der Waals surface area contributed by atoms with Crippen molar-refractivity contribution < 1.29 is 4.52 Å². The molecule has 6 heteroatoms. The molecule has 2 N–H and O–H groups in total. The summed E-state index contributed by atoms with van der Waals surface area (Å²) in [6.07, 6.45) is 3.55. The van der Waals surface area contributed by atoms with Gasteiger partial charge in [-0.3, -0.25) is 4.68 Å². The Morgan fingerprint density at radius 1 is 1.32 bits per heavy atom. The van der Waals surface area contributed by atoms with Crippen molar-refractivity contribution in [2.45, 2.75) is 0 Å². The maximum Gasteiger partial charge on any atom is 0.230 e. The Morgan fingerprint density at radius 3 is 2.79 bits per heavy atom. The summed E-state index contributed by atoms with van der Waals surface area (Å²) in [5.74, 6) is 0.243. The van der Waals surface area contributed by atoms with Gasteiger partial charge in [0.2, 0.25) is 5.88 Å². The molecule has 0 aliphatic carbocycles. The molecule has 0 aliphatic heterocycles. The van der Waals surface area contributed by atoms with Gasteiger partial charge >= 0.3 is 0 Å². The fourth-order valence-electron chi connectivity index (χ4n) is 1.97. The summed E-state index contributed by atoms with van der Waals surface area (Å²) in [5, 5.41) is 8.73. The molecule has 3 aromatic rings. The lowest BCUT2D eigenvalue weighted by Crippen LogP contribution is -1.88. The topological polar surface area (TPSA) is 69.9 Å². The minimum Gasteiger partial charge on any atom is -0.367 e. The van der Waals surface area contributed by atoms with Gasteiger partial charge in [-0.15, -0.1) is 0 Å². The molecular weight excluding hydrogens is 264 g/mol. The largest absolute Gasteiger partial charge is 0.367 e. The van der Waals surface area contributed by atoms with Gasteiger partial charge in [-0.1, -0.05) is 35.0 Å². The number of halogens is 1. The minimum absolute atomic E-state index is 0.243. The lowest BCUT2D eigenvalue weighted by molar-refractivity contribution is 0.439. The molecule has 2 aromatic heterocycles. The third kappa shape index (κ3) is 1.98. The van der Waals surface area contributed by atoms with Crippen molar-refractivity contribution in [3.63, 3.8) is 0 Å². The van der Waals surface area contributed by atoms with Crippen LogP contribution < -0.4 is 5.73 Å². The molecule has 2 heterocycles. The van der Waals surface area contributed by atoms with E-state index in [1.54, 1.807) is 16.9 Å². The van der Waals surface area contributed by atoms with Crippen LogP contribution in [0.4, 0.5) is 5.88 Å². The molecule has 19 heavy (non-hydrogen) atoms. The molecule has 0 amide bonds. The van der Waals surface area contributed by atoms with E-state index in [0.29, 0.717) is 16.3 Å². The summed E-state index contributed by atoms with van der Waals surface area (Å²) in [7, 11) is 1.84. The van der Waals surface area contributed by atoms with E-state index in [1.807, 2.05) is 31.4 Å². The Labute approximate surface area is 114 Å². The van der Waals surface area contributed by atoms with Crippen LogP contribution in [-0.4, -0.2) is 14.9 Å². The third-order valence-corrected chi connectivity index (χ3v) is 3.17. The predicted molar refractivity (Wildman–Crippen MR) is 73.6 cm³/mol. The zero-order chi connectivity index (χ0) is 13.4. The van der Waals surface area contributed by atoms with Crippen LogP contribution in [0.25, 0.3) is 22.4 Å². The minimum atomic E-state index is 0.243. The Morgan fingerprint density at radius 2 is 2.11 bits per heavy atom. The Hall–Kier alpha value is -2.27. The van der Waals surface area contributed by atoms with Crippen LogP contribution >= 0.6 is 11.6 Å². The van der Waals surface area contributed by atoms with E-state index in [0.717, 1.165) is 11.1 Å². The highest BCUT2D eigenvalue weighted by atomic mass is 35.5. The standard InChI is InChI=1S/C13H11ClN4O/c1-18-7-8(6-16-18)12-11(13(15)19-17-12)9-4-2-3-5-10(9)14/h2-7H,15H2,1H3. The fraction of sp³-hybridized carbons (Fsp3) is 0.0769. The predicted octanol–water partition coefficient (Wildman–Crippen LogP) is 2.98. The molecule has 1 aromatic carbocycles. The fourth-order valence-corrected chi connectivity index (χ4v) is 2.20. The smallest absolute Gasteiger partial charge is 0.230 e. The number of nitrogens with zero attached hydrogens (tertiary/aromatic N) is 3. The van der Waals surface area contributed by atoms with Crippen molar-refractivity contribution in [3.8, 4) is 22.4 Å². The second kappa shape index (κ2) is 4.44. The zero-order valence-electron chi connectivity index (χ0n) is 10.2. The van der Waals surface area contributed by atoms with Crippen LogP contribution in [0.15, 0.2) is 41.2 Å². The molecule has 5 nitrogen and oxygen atoms in total. The Balaban J connectivity index is 2.22. The molecule has 3 rings (SSSR count).